The molecule has 3 heterocycles. The molecule has 2 saturated heterocycles. The van der Waals surface area contributed by atoms with E-state index >= 15 is 0 Å². The standard InChI is InChI=1S/C19H24ClN3O4S/c1-22(15-6-9-28(25,26)10-7-15)18(24)13-3-2-8-23(12-13)19-21-16-11-14(20)4-5-17(16)27-19/h4-5,11,13,15H,2-3,6-10,12H2,1H3. The first kappa shape index (κ1) is 19.5. The summed E-state index contributed by atoms with van der Waals surface area (Å²) in [7, 11) is -1.14. The van der Waals surface area contributed by atoms with Gasteiger partial charge in [-0.25, -0.2) is 8.42 Å². The number of nitrogens with zero attached hydrogens (tertiary/aromatic N) is 3. The maximum absolute atomic E-state index is 13.0. The van der Waals surface area contributed by atoms with E-state index in [0.717, 1.165) is 19.4 Å². The van der Waals surface area contributed by atoms with Crippen LogP contribution in [0.25, 0.3) is 11.1 Å². The summed E-state index contributed by atoms with van der Waals surface area (Å²) in [4.78, 5) is 21.3. The molecule has 0 bridgehead atoms. The Morgan fingerprint density at radius 3 is 2.79 bits per heavy atom. The first-order chi connectivity index (χ1) is 13.3. The Morgan fingerprint density at radius 1 is 1.29 bits per heavy atom. The van der Waals surface area contributed by atoms with Gasteiger partial charge in [0.05, 0.1) is 17.4 Å². The highest BCUT2D eigenvalue weighted by molar-refractivity contribution is 7.91. The average molecular weight is 426 g/mol. The molecule has 0 aliphatic carbocycles. The molecule has 1 unspecified atom stereocenters. The van der Waals surface area contributed by atoms with Crippen molar-refractivity contribution in [3.05, 3.63) is 23.2 Å². The van der Waals surface area contributed by atoms with E-state index in [1.54, 1.807) is 30.1 Å². The largest absolute Gasteiger partial charge is 0.423 e. The number of carbonyl (C=O) groups is 1. The number of sulfone groups is 1. The van der Waals surface area contributed by atoms with Crippen molar-refractivity contribution >= 4 is 44.5 Å². The number of piperidine rings is 1. The third-order valence-electron chi connectivity index (χ3n) is 5.80. The number of fused-ring (bicyclic) bond motifs is 1. The third kappa shape index (κ3) is 3.98. The minimum absolute atomic E-state index is 0.00197. The molecular weight excluding hydrogens is 402 g/mol. The second-order valence-electron chi connectivity index (χ2n) is 7.73. The van der Waals surface area contributed by atoms with Crippen molar-refractivity contribution in [1.82, 2.24) is 9.88 Å². The molecular formula is C19H24ClN3O4S. The lowest BCUT2D eigenvalue weighted by molar-refractivity contribution is -0.136. The number of rotatable bonds is 3. The Bertz CT molecular complexity index is 976. The van der Waals surface area contributed by atoms with E-state index in [0.29, 0.717) is 41.5 Å². The monoisotopic (exact) mass is 425 g/mol. The number of oxazole rings is 1. The van der Waals surface area contributed by atoms with Crippen LogP contribution in [0.4, 0.5) is 6.01 Å². The van der Waals surface area contributed by atoms with Crippen molar-refractivity contribution in [3.8, 4) is 0 Å². The lowest BCUT2D eigenvalue weighted by Crippen LogP contribution is -2.48. The van der Waals surface area contributed by atoms with Gasteiger partial charge in [-0.1, -0.05) is 11.6 Å². The molecule has 0 saturated carbocycles. The molecule has 1 aromatic carbocycles. The van der Waals surface area contributed by atoms with E-state index in [4.69, 9.17) is 16.0 Å². The molecule has 2 fully saturated rings. The second-order valence-corrected chi connectivity index (χ2v) is 10.5. The number of halogens is 1. The second kappa shape index (κ2) is 7.55. The summed E-state index contributed by atoms with van der Waals surface area (Å²) >= 11 is 6.02. The van der Waals surface area contributed by atoms with E-state index in [9.17, 15) is 13.2 Å². The third-order valence-corrected chi connectivity index (χ3v) is 7.75. The molecule has 1 aromatic heterocycles. The number of aromatic nitrogens is 1. The topological polar surface area (TPSA) is 83.7 Å². The van der Waals surface area contributed by atoms with Crippen LogP contribution in [0.2, 0.25) is 5.02 Å². The summed E-state index contributed by atoms with van der Waals surface area (Å²) in [6.07, 6.45) is 2.74. The molecule has 1 amide bonds. The minimum Gasteiger partial charge on any atom is -0.423 e. The minimum atomic E-state index is -2.94. The highest BCUT2D eigenvalue weighted by atomic mass is 35.5. The van der Waals surface area contributed by atoms with Gasteiger partial charge < -0.3 is 14.2 Å². The molecule has 2 aromatic rings. The van der Waals surface area contributed by atoms with Gasteiger partial charge in [0.1, 0.15) is 15.4 Å². The maximum atomic E-state index is 13.0. The zero-order valence-corrected chi connectivity index (χ0v) is 17.4. The van der Waals surface area contributed by atoms with Crippen molar-refractivity contribution in [2.75, 3.05) is 36.5 Å². The quantitative estimate of drug-likeness (QED) is 0.751. The fraction of sp³-hybridized carbons (Fsp3) is 0.579. The predicted molar refractivity (Wildman–Crippen MR) is 108 cm³/mol. The Morgan fingerprint density at radius 2 is 2.04 bits per heavy atom. The molecule has 1 atom stereocenters. The van der Waals surface area contributed by atoms with Gasteiger partial charge >= 0.3 is 0 Å². The van der Waals surface area contributed by atoms with Crippen LogP contribution in [-0.4, -0.2) is 61.9 Å². The van der Waals surface area contributed by atoms with Gasteiger partial charge in [0.2, 0.25) is 5.91 Å². The molecule has 152 valence electrons. The van der Waals surface area contributed by atoms with Crippen LogP contribution < -0.4 is 4.90 Å². The summed E-state index contributed by atoms with van der Waals surface area (Å²) in [5, 5.41) is 0.607. The molecule has 0 N–H and O–H groups in total. The van der Waals surface area contributed by atoms with E-state index < -0.39 is 9.84 Å². The van der Waals surface area contributed by atoms with Crippen LogP contribution in [-0.2, 0) is 14.6 Å². The van der Waals surface area contributed by atoms with Gasteiger partial charge in [0.15, 0.2) is 5.58 Å². The van der Waals surface area contributed by atoms with Crippen LogP contribution in [0.5, 0.6) is 0 Å². The van der Waals surface area contributed by atoms with Crippen LogP contribution in [0.15, 0.2) is 22.6 Å². The zero-order valence-electron chi connectivity index (χ0n) is 15.8. The van der Waals surface area contributed by atoms with E-state index in [1.807, 2.05) is 4.90 Å². The smallest absolute Gasteiger partial charge is 0.298 e. The molecule has 28 heavy (non-hydrogen) atoms. The number of benzene rings is 1. The Balaban J connectivity index is 1.44. The van der Waals surface area contributed by atoms with Crippen LogP contribution in [0, 0.1) is 5.92 Å². The Labute approximate surface area is 169 Å². The molecule has 2 aliphatic rings. The number of hydrogen-bond donors (Lipinski definition) is 0. The van der Waals surface area contributed by atoms with E-state index in [-0.39, 0.29) is 29.4 Å². The van der Waals surface area contributed by atoms with Crippen molar-refractivity contribution in [3.63, 3.8) is 0 Å². The Hall–Kier alpha value is -1.80. The van der Waals surface area contributed by atoms with Gasteiger partial charge in [-0.2, -0.15) is 4.98 Å². The first-order valence-electron chi connectivity index (χ1n) is 9.60. The van der Waals surface area contributed by atoms with Crippen molar-refractivity contribution in [2.24, 2.45) is 5.92 Å². The van der Waals surface area contributed by atoms with Crippen molar-refractivity contribution in [1.29, 1.82) is 0 Å². The lowest BCUT2D eigenvalue weighted by atomic mass is 9.95. The SMILES string of the molecule is CN(C(=O)C1CCCN(c2nc3cc(Cl)ccc3o2)C1)C1CCS(=O)(=O)CC1. The highest BCUT2D eigenvalue weighted by Gasteiger charge is 2.34. The van der Waals surface area contributed by atoms with E-state index in [2.05, 4.69) is 4.98 Å². The summed E-state index contributed by atoms with van der Waals surface area (Å²) in [6.45, 7) is 1.34. The van der Waals surface area contributed by atoms with Gasteiger partial charge in [0.25, 0.3) is 6.01 Å². The maximum Gasteiger partial charge on any atom is 0.298 e. The van der Waals surface area contributed by atoms with Crippen molar-refractivity contribution in [2.45, 2.75) is 31.7 Å². The van der Waals surface area contributed by atoms with Crippen LogP contribution in [0.1, 0.15) is 25.7 Å². The molecule has 7 nitrogen and oxygen atoms in total. The summed E-state index contributed by atoms with van der Waals surface area (Å²) < 4.78 is 29.2. The summed E-state index contributed by atoms with van der Waals surface area (Å²) in [5.41, 5.74) is 1.38. The van der Waals surface area contributed by atoms with E-state index in [1.165, 1.54) is 0 Å². The fourth-order valence-corrected chi connectivity index (χ4v) is 5.74. The number of hydrogen-bond acceptors (Lipinski definition) is 6. The first-order valence-corrected chi connectivity index (χ1v) is 11.8. The molecule has 0 radical (unpaired) electrons. The lowest BCUT2D eigenvalue weighted by Gasteiger charge is -2.37. The van der Waals surface area contributed by atoms with Crippen LogP contribution >= 0.6 is 11.6 Å². The molecule has 2 aliphatic heterocycles. The summed E-state index contributed by atoms with van der Waals surface area (Å²) in [5.74, 6) is 0.263. The molecule has 4 rings (SSSR count). The molecule has 9 heteroatoms. The fourth-order valence-electron chi connectivity index (χ4n) is 4.11. The number of amides is 1. The predicted octanol–water partition coefficient (Wildman–Crippen LogP) is 2.73. The van der Waals surface area contributed by atoms with Gasteiger partial charge in [0, 0.05) is 31.2 Å². The average Bonchev–Trinajstić information content (AvgIpc) is 3.10. The zero-order chi connectivity index (χ0) is 19.9. The number of anilines is 1. The van der Waals surface area contributed by atoms with Gasteiger partial charge in [-0.3, -0.25) is 4.79 Å². The molecule has 0 spiro atoms. The van der Waals surface area contributed by atoms with Crippen molar-refractivity contribution < 1.29 is 17.6 Å². The number of carbonyl (C=O) groups excluding carboxylic acids is 1. The highest BCUT2D eigenvalue weighted by Crippen LogP contribution is 2.29. The summed E-state index contributed by atoms with van der Waals surface area (Å²) in [6, 6.07) is 5.84. The van der Waals surface area contributed by atoms with Gasteiger partial charge in [-0.05, 0) is 43.9 Å². The Kier molecular flexibility index (Phi) is 5.26. The van der Waals surface area contributed by atoms with Gasteiger partial charge in [-0.15, -0.1) is 0 Å². The van der Waals surface area contributed by atoms with Crippen LogP contribution in [0.3, 0.4) is 0 Å². The normalized spacial score (nSPS) is 23.1.